The maximum Gasteiger partial charge on any atom is 0.423 e. The Balaban J connectivity index is 1.90. The Morgan fingerprint density at radius 1 is 1.18 bits per heavy atom. The lowest BCUT2D eigenvalue weighted by Crippen LogP contribution is -2.27. The number of hydrogen-bond acceptors (Lipinski definition) is 2. The van der Waals surface area contributed by atoms with Crippen LogP contribution in [0.1, 0.15) is 39.5 Å². The number of carbonyl (C=O) groups is 1. The number of carbonyl (C=O) groups excluding carboxylic acids is 1. The van der Waals surface area contributed by atoms with Crippen molar-refractivity contribution in [2.75, 3.05) is 0 Å². The molecule has 22 heavy (non-hydrogen) atoms. The number of para-hydroxylation sites is 1. The van der Waals surface area contributed by atoms with E-state index in [2.05, 4.69) is 26.0 Å². The molecule has 1 aliphatic heterocycles. The highest BCUT2D eigenvalue weighted by molar-refractivity contribution is 5.73. The first-order valence-electron chi connectivity index (χ1n) is 8.16. The number of benzene rings is 1. The fourth-order valence-electron chi connectivity index (χ4n) is 2.71. The Morgan fingerprint density at radius 3 is 2.45 bits per heavy atom. The number of nitrogens with zero attached hydrogens (tertiary/aromatic N) is 1. The van der Waals surface area contributed by atoms with Gasteiger partial charge in [-0.15, -0.1) is 0 Å². The van der Waals surface area contributed by atoms with Crippen LogP contribution in [-0.4, -0.2) is 11.0 Å². The summed E-state index contributed by atoms with van der Waals surface area (Å²) in [6.07, 6.45) is 12.4. The fourth-order valence-corrected chi connectivity index (χ4v) is 2.71. The van der Waals surface area contributed by atoms with Gasteiger partial charge in [-0.05, 0) is 24.5 Å². The van der Waals surface area contributed by atoms with Crippen molar-refractivity contribution in [3.63, 3.8) is 0 Å². The molecule has 1 aliphatic rings. The highest BCUT2D eigenvalue weighted by atomic mass is 16.6. The SMILES string of the molecule is CCCCC(CC)C1C=CN(C(=O)Oc2ccccc2)C=C1. The minimum atomic E-state index is -0.376. The minimum absolute atomic E-state index is 0.376. The molecule has 0 bridgehead atoms. The van der Waals surface area contributed by atoms with E-state index >= 15 is 0 Å². The van der Waals surface area contributed by atoms with Gasteiger partial charge in [-0.1, -0.05) is 63.5 Å². The molecule has 1 aromatic rings. The summed E-state index contributed by atoms with van der Waals surface area (Å²) in [6.45, 7) is 4.46. The lowest BCUT2D eigenvalue weighted by Gasteiger charge is -2.25. The van der Waals surface area contributed by atoms with Gasteiger partial charge in [0.15, 0.2) is 0 Å². The molecule has 0 fully saturated rings. The summed E-state index contributed by atoms with van der Waals surface area (Å²) >= 11 is 0. The van der Waals surface area contributed by atoms with Gasteiger partial charge in [-0.3, -0.25) is 4.90 Å². The van der Waals surface area contributed by atoms with E-state index in [4.69, 9.17) is 4.74 Å². The number of hydrogen-bond donors (Lipinski definition) is 0. The Labute approximate surface area is 133 Å². The van der Waals surface area contributed by atoms with Crippen molar-refractivity contribution in [2.45, 2.75) is 39.5 Å². The van der Waals surface area contributed by atoms with E-state index in [0.717, 1.165) is 6.42 Å². The molecule has 1 unspecified atom stereocenters. The Morgan fingerprint density at radius 2 is 1.86 bits per heavy atom. The van der Waals surface area contributed by atoms with E-state index in [1.165, 1.54) is 24.2 Å². The Kier molecular flexibility index (Phi) is 6.26. The maximum atomic E-state index is 12.1. The van der Waals surface area contributed by atoms with E-state index in [9.17, 15) is 4.79 Å². The van der Waals surface area contributed by atoms with Crippen LogP contribution in [0.15, 0.2) is 54.9 Å². The number of amides is 1. The lowest BCUT2D eigenvalue weighted by atomic mass is 9.85. The molecule has 0 aromatic heterocycles. The molecule has 118 valence electrons. The number of unbranched alkanes of at least 4 members (excludes halogenated alkanes) is 1. The smallest absolute Gasteiger partial charge is 0.410 e. The van der Waals surface area contributed by atoms with Crippen molar-refractivity contribution in [1.29, 1.82) is 0 Å². The van der Waals surface area contributed by atoms with Crippen LogP contribution in [0.2, 0.25) is 0 Å². The molecule has 0 spiro atoms. The zero-order valence-corrected chi connectivity index (χ0v) is 13.4. The third kappa shape index (κ3) is 4.48. The average molecular weight is 299 g/mol. The van der Waals surface area contributed by atoms with Crippen molar-refractivity contribution < 1.29 is 9.53 Å². The highest BCUT2D eigenvalue weighted by Crippen LogP contribution is 2.27. The van der Waals surface area contributed by atoms with Gasteiger partial charge in [-0.25, -0.2) is 4.79 Å². The standard InChI is InChI=1S/C19H25NO2/c1-3-5-9-16(4-2)17-12-14-20(15-13-17)19(21)22-18-10-7-6-8-11-18/h6-8,10-17H,3-5,9H2,1-2H3. The molecular formula is C19H25NO2. The third-order valence-corrected chi connectivity index (χ3v) is 4.09. The second kappa shape index (κ2) is 8.42. The van der Waals surface area contributed by atoms with Crippen LogP contribution in [-0.2, 0) is 0 Å². The molecule has 1 amide bonds. The number of allylic oxidation sites excluding steroid dienone is 2. The molecule has 1 atom stereocenters. The average Bonchev–Trinajstić information content (AvgIpc) is 2.57. The van der Waals surface area contributed by atoms with Crippen LogP contribution in [0, 0.1) is 11.8 Å². The fraction of sp³-hybridized carbons (Fsp3) is 0.421. The maximum absolute atomic E-state index is 12.1. The zero-order chi connectivity index (χ0) is 15.8. The second-order valence-corrected chi connectivity index (χ2v) is 5.66. The van der Waals surface area contributed by atoms with Gasteiger partial charge >= 0.3 is 6.09 Å². The van der Waals surface area contributed by atoms with Crippen LogP contribution in [0.5, 0.6) is 5.75 Å². The summed E-state index contributed by atoms with van der Waals surface area (Å²) in [5, 5.41) is 0. The van der Waals surface area contributed by atoms with E-state index in [-0.39, 0.29) is 6.09 Å². The Hall–Kier alpha value is -2.03. The van der Waals surface area contributed by atoms with Gasteiger partial charge in [0.25, 0.3) is 0 Å². The Bertz CT molecular complexity index is 507. The van der Waals surface area contributed by atoms with Gasteiger partial charge in [0.2, 0.25) is 0 Å². The van der Waals surface area contributed by atoms with Gasteiger partial charge in [0.1, 0.15) is 5.75 Å². The van der Waals surface area contributed by atoms with Crippen LogP contribution in [0.4, 0.5) is 4.79 Å². The summed E-state index contributed by atoms with van der Waals surface area (Å²) in [7, 11) is 0. The molecule has 0 N–H and O–H groups in total. The minimum Gasteiger partial charge on any atom is -0.410 e. The van der Waals surface area contributed by atoms with Crippen molar-refractivity contribution >= 4 is 6.09 Å². The molecule has 1 heterocycles. The summed E-state index contributed by atoms with van der Waals surface area (Å²) in [5.74, 6) is 1.63. The summed E-state index contributed by atoms with van der Waals surface area (Å²) < 4.78 is 5.33. The number of rotatable bonds is 6. The first kappa shape index (κ1) is 16.3. The van der Waals surface area contributed by atoms with E-state index in [0.29, 0.717) is 17.6 Å². The van der Waals surface area contributed by atoms with Crippen molar-refractivity contribution in [1.82, 2.24) is 4.90 Å². The van der Waals surface area contributed by atoms with Gasteiger partial charge < -0.3 is 4.74 Å². The quantitative estimate of drug-likeness (QED) is 0.707. The normalized spacial score (nSPS) is 15.8. The van der Waals surface area contributed by atoms with Crippen LogP contribution < -0.4 is 4.74 Å². The lowest BCUT2D eigenvalue weighted by molar-refractivity contribution is 0.181. The molecule has 0 aliphatic carbocycles. The number of ether oxygens (including phenoxy) is 1. The second-order valence-electron chi connectivity index (χ2n) is 5.66. The molecule has 0 saturated heterocycles. The topological polar surface area (TPSA) is 29.5 Å². The van der Waals surface area contributed by atoms with Gasteiger partial charge in [0, 0.05) is 18.3 Å². The highest BCUT2D eigenvalue weighted by Gasteiger charge is 2.20. The first-order chi connectivity index (χ1) is 10.7. The molecule has 2 rings (SSSR count). The van der Waals surface area contributed by atoms with E-state index in [1.807, 2.05) is 30.6 Å². The summed E-state index contributed by atoms with van der Waals surface area (Å²) in [4.78, 5) is 13.6. The third-order valence-electron chi connectivity index (χ3n) is 4.09. The van der Waals surface area contributed by atoms with Crippen molar-refractivity contribution in [2.24, 2.45) is 11.8 Å². The molecule has 3 heteroatoms. The molecule has 3 nitrogen and oxygen atoms in total. The van der Waals surface area contributed by atoms with E-state index in [1.54, 1.807) is 12.1 Å². The predicted molar refractivity (Wildman–Crippen MR) is 89.4 cm³/mol. The van der Waals surface area contributed by atoms with Crippen molar-refractivity contribution in [3.8, 4) is 5.75 Å². The molecule has 0 radical (unpaired) electrons. The van der Waals surface area contributed by atoms with E-state index < -0.39 is 0 Å². The van der Waals surface area contributed by atoms with Crippen molar-refractivity contribution in [3.05, 3.63) is 54.9 Å². The summed E-state index contributed by atoms with van der Waals surface area (Å²) in [6, 6.07) is 9.13. The monoisotopic (exact) mass is 299 g/mol. The van der Waals surface area contributed by atoms with Crippen LogP contribution in [0.3, 0.4) is 0 Å². The van der Waals surface area contributed by atoms with Gasteiger partial charge in [0.05, 0.1) is 0 Å². The summed E-state index contributed by atoms with van der Waals surface area (Å²) in [5.41, 5.74) is 0. The molecule has 1 aromatic carbocycles. The van der Waals surface area contributed by atoms with Crippen LogP contribution >= 0.6 is 0 Å². The molecular weight excluding hydrogens is 274 g/mol. The van der Waals surface area contributed by atoms with Crippen LogP contribution in [0.25, 0.3) is 0 Å². The predicted octanol–water partition coefficient (Wildman–Crippen LogP) is 5.36. The first-order valence-corrected chi connectivity index (χ1v) is 8.16. The largest absolute Gasteiger partial charge is 0.423 e. The van der Waals surface area contributed by atoms with Gasteiger partial charge in [-0.2, -0.15) is 0 Å². The zero-order valence-electron chi connectivity index (χ0n) is 13.4. The molecule has 0 saturated carbocycles.